The second kappa shape index (κ2) is 7.85. The van der Waals surface area contributed by atoms with Gasteiger partial charge in [0.05, 0.1) is 0 Å². The van der Waals surface area contributed by atoms with Gasteiger partial charge in [0, 0.05) is 30.6 Å². The molecule has 1 N–H and O–H groups in total. The fourth-order valence-electron chi connectivity index (χ4n) is 3.07. The van der Waals surface area contributed by atoms with Gasteiger partial charge < -0.3 is 10.1 Å². The number of fused-ring (bicyclic) bond motifs is 1. The van der Waals surface area contributed by atoms with Crippen LogP contribution in [0.3, 0.4) is 0 Å². The first-order valence-corrected chi connectivity index (χ1v) is 8.29. The topological polar surface area (TPSA) is 47.0 Å². The van der Waals surface area contributed by atoms with Crippen LogP contribution in [-0.2, 0) is 11.2 Å². The lowest BCUT2D eigenvalue weighted by molar-refractivity contribution is 0.0572. The number of aromatic nitrogens is 2. The van der Waals surface area contributed by atoms with E-state index in [1.807, 2.05) is 6.20 Å². The summed E-state index contributed by atoms with van der Waals surface area (Å²) in [6.45, 7) is 7.55. The van der Waals surface area contributed by atoms with E-state index in [1.165, 1.54) is 30.5 Å². The van der Waals surface area contributed by atoms with Crippen molar-refractivity contribution in [1.29, 1.82) is 0 Å². The molecule has 21 heavy (non-hydrogen) atoms. The number of nitrogens with one attached hydrogen (secondary N) is 1. The number of nitrogens with zero attached hydrogens (tertiary/aromatic N) is 2. The average molecular weight is 291 g/mol. The summed E-state index contributed by atoms with van der Waals surface area (Å²) in [5.74, 6) is 1.22. The van der Waals surface area contributed by atoms with Crippen LogP contribution in [0.25, 0.3) is 0 Å². The highest BCUT2D eigenvalue weighted by Crippen LogP contribution is 2.29. The van der Waals surface area contributed by atoms with Gasteiger partial charge in [-0.1, -0.05) is 27.2 Å². The molecule has 1 heterocycles. The maximum atomic E-state index is 5.57. The molecule has 1 aliphatic carbocycles. The largest absolute Gasteiger partial charge is 0.373 e. The highest BCUT2D eigenvalue weighted by Gasteiger charge is 2.23. The molecular weight excluding hydrogens is 262 g/mol. The molecule has 2 unspecified atom stereocenters. The van der Waals surface area contributed by atoms with Crippen LogP contribution >= 0.6 is 0 Å². The van der Waals surface area contributed by atoms with Crippen LogP contribution in [0.15, 0.2) is 6.20 Å². The van der Waals surface area contributed by atoms with Crippen LogP contribution < -0.4 is 5.32 Å². The Morgan fingerprint density at radius 1 is 1.38 bits per heavy atom. The van der Waals surface area contributed by atoms with E-state index in [4.69, 9.17) is 9.72 Å². The number of hydrogen-bond acceptors (Lipinski definition) is 4. The Morgan fingerprint density at radius 3 is 2.86 bits per heavy atom. The van der Waals surface area contributed by atoms with Crippen molar-refractivity contribution in [2.75, 3.05) is 13.7 Å². The summed E-state index contributed by atoms with van der Waals surface area (Å²) in [6.07, 6.45) is 7.89. The first kappa shape index (κ1) is 16.4. The Kier molecular flexibility index (Phi) is 6.12. The van der Waals surface area contributed by atoms with Crippen LogP contribution in [0.1, 0.15) is 75.7 Å². The van der Waals surface area contributed by atoms with E-state index < -0.39 is 0 Å². The minimum absolute atomic E-state index is 0.0133. The van der Waals surface area contributed by atoms with E-state index in [0.29, 0.717) is 12.0 Å². The number of hydrogen-bond donors (Lipinski definition) is 1. The monoisotopic (exact) mass is 291 g/mol. The van der Waals surface area contributed by atoms with Crippen molar-refractivity contribution in [2.45, 2.75) is 65.0 Å². The summed E-state index contributed by atoms with van der Waals surface area (Å²) in [5.41, 5.74) is 2.51. The highest BCUT2D eigenvalue weighted by molar-refractivity contribution is 5.24. The van der Waals surface area contributed by atoms with Gasteiger partial charge in [-0.15, -0.1) is 0 Å². The van der Waals surface area contributed by atoms with E-state index in [-0.39, 0.29) is 6.10 Å². The number of rotatable bonds is 6. The van der Waals surface area contributed by atoms with Gasteiger partial charge in [-0.25, -0.2) is 9.97 Å². The third-order valence-electron chi connectivity index (χ3n) is 4.21. The Labute approximate surface area is 128 Å². The lowest BCUT2D eigenvalue weighted by Crippen LogP contribution is -2.23. The maximum absolute atomic E-state index is 5.57. The standard InChI is InChI=1S/C17H29N3O/c1-5-10-18-14-8-6-7-9-15-13(14)11-19-17(20-15)16(21-4)12(2)3/h11-12,14,16,18H,5-10H2,1-4H3. The Bertz CT molecular complexity index is 448. The predicted octanol–water partition coefficient (Wildman–Crippen LogP) is 3.59. The fourth-order valence-corrected chi connectivity index (χ4v) is 3.07. The molecule has 0 aliphatic heterocycles. The summed E-state index contributed by atoms with van der Waals surface area (Å²) in [5, 5.41) is 3.64. The SMILES string of the molecule is CCCNC1CCCCc2nc(C(OC)C(C)C)ncc21. The van der Waals surface area contributed by atoms with Gasteiger partial charge in [0.25, 0.3) is 0 Å². The zero-order chi connectivity index (χ0) is 15.2. The molecule has 0 aromatic carbocycles. The van der Waals surface area contributed by atoms with Crippen LogP contribution in [0, 0.1) is 5.92 Å². The van der Waals surface area contributed by atoms with Crippen molar-refractivity contribution in [2.24, 2.45) is 5.92 Å². The zero-order valence-corrected chi connectivity index (χ0v) is 13.9. The molecule has 4 nitrogen and oxygen atoms in total. The van der Waals surface area contributed by atoms with Crippen LogP contribution in [-0.4, -0.2) is 23.6 Å². The van der Waals surface area contributed by atoms with Gasteiger partial charge in [-0.05, 0) is 38.1 Å². The zero-order valence-electron chi connectivity index (χ0n) is 13.9. The van der Waals surface area contributed by atoms with E-state index in [2.05, 4.69) is 31.1 Å². The third-order valence-corrected chi connectivity index (χ3v) is 4.21. The van der Waals surface area contributed by atoms with Gasteiger partial charge >= 0.3 is 0 Å². The van der Waals surface area contributed by atoms with E-state index in [1.54, 1.807) is 7.11 Å². The predicted molar refractivity (Wildman–Crippen MR) is 85.2 cm³/mol. The second-order valence-electron chi connectivity index (χ2n) is 6.28. The lowest BCUT2D eigenvalue weighted by Gasteiger charge is -2.21. The Hall–Kier alpha value is -1.00. The first-order valence-electron chi connectivity index (χ1n) is 8.29. The molecule has 0 amide bonds. The van der Waals surface area contributed by atoms with Crippen LogP contribution in [0.2, 0.25) is 0 Å². The molecule has 4 heteroatoms. The van der Waals surface area contributed by atoms with Gasteiger partial charge in [-0.2, -0.15) is 0 Å². The number of methoxy groups -OCH3 is 1. The number of aryl methyl sites for hydroxylation is 1. The number of ether oxygens (including phenoxy) is 1. The van der Waals surface area contributed by atoms with Crippen LogP contribution in [0.4, 0.5) is 0 Å². The fraction of sp³-hybridized carbons (Fsp3) is 0.765. The van der Waals surface area contributed by atoms with Gasteiger partial charge in [0.1, 0.15) is 6.10 Å². The minimum Gasteiger partial charge on any atom is -0.373 e. The molecule has 0 saturated heterocycles. The summed E-state index contributed by atoms with van der Waals surface area (Å²) in [7, 11) is 1.74. The molecular formula is C17H29N3O. The van der Waals surface area contributed by atoms with Crippen molar-refractivity contribution in [3.8, 4) is 0 Å². The van der Waals surface area contributed by atoms with Crippen molar-refractivity contribution < 1.29 is 4.74 Å². The average Bonchev–Trinajstić information content (AvgIpc) is 2.67. The van der Waals surface area contributed by atoms with Crippen molar-refractivity contribution in [3.63, 3.8) is 0 Å². The molecule has 0 radical (unpaired) electrons. The molecule has 0 bridgehead atoms. The summed E-state index contributed by atoms with van der Waals surface area (Å²) in [6, 6.07) is 0.413. The van der Waals surface area contributed by atoms with Crippen molar-refractivity contribution in [1.82, 2.24) is 15.3 Å². The van der Waals surface area contributed by atoms with Crippen molar-refractivity contribution >= 4 is 0 Å². The molecule has 0 saturated carbocycles. The first-order chi connectivity index (χ1) is 10.2. The minimum atomic E-state index is -0.0133. The normalized spacial score (nSPS) is 20.1. The van der Waals surface area contributed by atoms with E-state index >= 15 is 0 Å². The van der Waals surface area contributed by atoms with Gasteiger partial charge in [0.15, 0.2) is 5.82 Å². The molecule has 1 aliphatic rings. The summed E-state index contributed by atoms with van der Waals surface area (Å²) >= 11 is 0. The second-order valence-corrected chi connectivity index (χ2v) is 6.28. The summed E-state index contributed by atoms with van der Waals surface area (Å²) in [4.78, 5) is 9.46. The summed E-state index contributed by atoms with van der Waals surface area (Å²) < 4.78 is 5.57. The Balaban J connectivity index is 2.27. The molecule has 2 atom stereocenters. The lowest BCUT2D eigenvalue weighted by atomic mass is 10.0. The quantitative estimate of drug-likeness (QED) is 0.814. The van der Waals surface area contributed by atoms with E-state index in [0.717, 1.165) is 25.2 Å². The molecule has 0 spiro atoms. The smallest absolute Gasteiger partial charge is 0.157 e. The van der Waals surface area contributed by atoms with Gasteiger partial charge in [0.2, 0.25) is 0 Å². The van der Waals surface area contributed by atoms with Gasteiger partial charge in [-0.3, -0.25) is 0 Å². The Morgan fingerprint density at radius 2 is 2.19 bits per heavy atom. The maximum Gasteiger partial charge on any atom is 0.157 e. The highest BCUT2D eigenvalue weighted by atomic mass is 16.5. The van der Waals surface area contributed by atoms with Crippen LogP contribution in [0.5, 0.6) is 0 Å². The molecule has 118 valence electrons. The molecule has 1 aromatic rings. The van der Waals surface area contributed by atoms with Crippen molar-refractivity contribution in [3.05, 3.63) is 23.3 Å². The molecule has 1 aromatic heterocycles. The molecule has 0 fully saturated rings. The molecule has 2 rings (SSSR count). The third kappa shape index (κ3) is 4.01. The van der Waals surface area contributed by atoms with E-state index in [9.17, 15) is 0 Å².